The van der Waals surface area contributed by atoms with Gasteiger partial charge in [-0.15, -0.1) is 0 Å². The van der Waals surface area contributed by atoms with Crippen LogP contribution in [-0.4, -0.2) is 62.2 Å². The molecule has 3 aromatic heterocycles. The molecule has 9 nitrogen and oxygen atoms in total. The molecular formula is C36H36F2N6O3. The van der Waals surface area contributed by atoms with Gasteiger partial charge in [0.2, 0.25) is 5.91 Å². The zero-order valence-corrected chi connectivity index (χ0v) is 26.9. The van der Waals surface area contributed by atoms with Crippen molar-refractivity contribution in [2.45, 2.75) is 45.2 Å². The second-order valence-corrected chi connectivity index (χ2v) is 12.3. The molecule has 242 valence electrons. The molecule has 0 radical (unpaired) electrons. The van der Waals surface area contributed by atoms with Crippen LogP contribution in [0.15, 0.2) is 55.3 Å². The highest BCUT2D eigenvalue weighted by molar-refractivity contribution is 5.91. The summed E-state index contributed by atoms with van der Waals surface area (Å²) in [5.74, 6) is -1.57. The first-order valence-electron chi connectivity index (χ1n) is 15.8. The Balaban J connectivity index is 1.50. The Kier molecular flexibility index (Phi) is 7.87. The van der Waals surface area contributed by atoms with E-state index in [1.54, 1.807) is 16.7 Å². The monoisotopic (exact) mass is 638 g/mol. The Morgan fingerprint density at radius 2 is 1.85 bits per heavy atom. The number of pyridine rings is 1. The molecule has 4 heterocycles. The molecule has 0 N–H and O–H groups in total. The van der Waals surface area contributed by atoms with Crippen molar-refractivity contribution in [3.63, 3.8) is 0 Å². The summed E-state index contributed by atoms with van der Waals surface area (Å²) in [5, 5.41) is 10.7. The number of aromatic nitrogens is 5. The van der Waals surface area contributed by atoms with E-state index in [-0.39, 0.29) is 42.5 Å². The van der Waals surface area contributed by atoms with Gasteiger partial charge in [0.25, 0.3) is 0 Å². The summed E-state index contributed by atoms with van der Waals surface area (Å²) in [6.45, 7) is 8.46. The van der Waals surface area contributed by atoms with Crippen LogP contribution in [0.4, 0.5) is 8.78 Å². The van der Waals surface area contributed by atoms with Crippen LogP contribution in [0.3, 0.4) is 0 Å². The molecule has 0 fully saturated rings. The summed E-state index contributed by atoms with van der Waals surface area (Å²) in [4.78, 5) is 19.8. The lowest BCUT2D eigenvalue weighted by Crippen LogP contribution is -2.42. The van der Waals surface area contributed by atoms with Crippen molar-refractivity contribution in [1.82, 2.24) is 29.4 Å². The highest BCUT2D eigenvalue weighted by Crippen LogP contribution is 2.47. The second-order valence-electron chi connectivity index (χ2n) is 12.3. The van der Waals surface area contributed by atoms with Crippen molar-refractivity contribution in [3.8, 4) is 39.5 Å². The number of carbonyl (C=O) groups is 1. The van der Waals surface area contributed by atoms with E-state index in [0.717, 1.165) is 57.9 Å². The van der Waals surface area contributed by atoms with Crippen molar-refractivity contribution >= 4 is 16.8 Å². The van der Waals surface area contributed by atoms with E-state index >= 15 is 4.39 Å². The highest BCUT2D eigenvalue weighted by Gasteiger charge is 2.35. The van der Waals surface area contributed by atoms with E-state index in [2.05, 4.69) is 11.7 Å². The molecular weight excluding hydrogens is 602 g/mol. The minimum absolute atomic E-state index is 0.0767. The highest BCUT2D eigenvalue weighted by atomic mass is 19.1. The van der Waals surface area contributed by atoms with E-state index in [1.807, 2.05) is 56.0 Å². The minimum Gasteiger partial charge on any atom is -0.490 e. The van der Waals surface area contributed by atoms with Crippen LogP contribution in [0.25, 0.3) is 44.7 Å². The number of halogens is 2. The molecule has 0 saturated heterocycles. The number of ether oxygens (including phenoxy) is 2. The third-order valence-electron chi connectivity index (χ3n) is 9.21. The Bertz CT molecular complexity index is 2050. The van der Waals surface area contributed by atoms with Gasteiger partial charge in [-0.2, -0.15) is 10.2 Å². The van der Waals surface area contributed by atoms with Crippen molar-refractivity contribution in [1.29, 1.82) is 0 Å². The lowest BCUT2D eigenvalue weighted by atomic mass is 9.90. The van der Waals surface area contributed by atoms with Crippen molar-refractivity contribution in [2.75, 3.05) is 26.9 Å². The van der Waals surface area contributed by atoms with Gasteiger partial charge in [0.15, 0.2) is 0 Å². The molecule has 0 spiro atoms. The number of fused-ring (bicyclic) bond motifs is 3. The van der Waals surface area contributed by atoms with Gasteiger partial charge in [-0.3, -0.25) is 14.2 Å². The molecule has 2 aromatic carbocycles. The molecule has 2 aliphatic rings. The molecule has 11 heteroatoms. The van der Waals surface area contributed by atoms with Gasteiger partial charge in [0.05, 0.1) is 46.9 Å². The SMILES string of the molecule is C=CC(=O)N1C[C@H](C)n2nc(-c3nc(-c4ccc5cn(C)nc5c4)c4c(c3-c3c(F)cc(F)cc3OCCOC)CCC4)cc2[C@H]1C. The first-order chi connectivity index (χ1) is 22.7. The Hall–Kier alpha value is -4.90. The normalized spacial score (nSPS) is 17.2. The fourth-order valence-corrected chi connectivity index (χ4v) is 7.05. The molecule has 1 amide bonds. The standard InChI is InChI=1S/C36H36F2N6O3/c1-6-32(45)43-18-20(2)44-30(21(43)3)17-29(41-44)36-33(34-27(38)15-24(37)16-31(34)47-13-12-46-5)25-8-7-9-26(25)35(39-36)22-10-11-23-19-42(4)40-28(23)14-22/h6,10-11,14-17,19-21H,1,7-9,12-13,18H2,2-5H3/t20-,21+/m0/s1. The van der Waals surface area contributed by atoms with Gasteiger partial charge in [0, 0.05) is 55.5 Å². The number of nitrogens with zero attached hydrogens (tertiary/aromatic N) is 6. The minimum atomic E-state index is -0.745. The summed E-state index contributed by atoms with van der Waals surface area (Å²) >= 11 is 0. The average Bonchev–Trinajstić information content (AvgIpc) is 3.80. The summed E-state index contributed by atoms with van der Waals surface area (Å²) < 4.78 is 45.6. The lowest BCUT2D eigenvalue weighted by molar-refractivity contribution is -0.129. The predicted octanol–water partition coefficient (Wildman–Crippen LogP) is 6.61. The van der Waals surface area contributed by atoms with Gasteiger partial charge in [-0.25, -0.2) is 13.8 Å². The number of benzene rings is 2. The maximum absolute atomic E-state index is 16.1. The van der Waals surface area contributed by atoms with Gasteiger partial charge in [-0.1, -0.05) is 18.7 Å². The average molecular weight is 639 g/mol. The number of carbonyl (C=O) groups excluding carboxylic acids is 1. The van der Waals surface area contributed by atoms with E-state index < -0.39 is 11.6 Å². The molecule has 0 unspecified atom stereocenters. The van der Waals surface area contributed by atoms with Crippen molar-refractivity contribution in [3.05, 3.63) is 83.7 Å². The van der Waals surface area contributed by atoms with Crippen LogP contribution in [-0.2, 0) is 29.4 Å². The van der Waals surface area contributed by atoms with E-state index in [0.29, 0.717) is 29.9 Å². The van der Waals surface area contributed by atoms with Crippen LogP contribution >= 0.6 is 0 Å². The molecule has 2 atom stereocenters. The topological polar surface area (TPSA) is 87.3 Å². The molecule has 7 rings (SSSR count). The fraction of sp³-hybridized carbons (Fsp3) is 0.333. The first-order valence-corrected chi connectivity index (χ1v) is 15.8. The number of aryl methyl sites for hydroxylation is 1. The number of hydrogen-bond acceptors (Lipinski definition) is 6. The Morgan fingerprint density at radius 3 is 2.64 bits per heavy atom. The van der Waals surface area contributed by atoms with E-state index in [4.69, 9.17) is 19.6 Å². The van der Waals surface area contributed by atoms with Gasteiger partial charge in [0.1, 0.15) is 29.7 Å². The van der Waals surface area contributed by atoms with Crippen LogP contribution in [0.2, 0.25) is 0 Å². The van der Waals surface area contributed by atoms with E-state index in [9.17, 15) is 9.18 Å². The number of rotatable bonds is 8. The predicted molar refractivity (Wildman–Crippen MR) is 175 cm³/mol. The Morgan fingerprint density at radius 1 is 1.04 bits per heavy atom. The van der Waals surface area contributed by atoms with Crippen LogP contribution in [0.1, 0.15) is 49.2 Å². The lowest BCUT2D eigenvalue weighted by Gasteiger charge is -2.36. The van der Waals surface area contributed by atoms with Crippen LogP contribution in [0, 0.1) is 11.6 Å². The fourth-order valence-electron chi connectivity index (χ4n) is 7.05. The van der Waals surface area contributed by atoms with Gasteiger partial charge >= 0.3 is 0 Å². The largest absolute Gasteiger partial charge is 0.490 e. The zero-order valence-electron chi connectivity index (χ0n) is 26.9. The number of hydrogen-bond donors (Lipinski definition) is 0. The number of amides is 1. The summed E-state index contributed by atoms with van der Waals surface area (Å²) in [6, 6.07) is 9.70. The third kappa shape index (κ3) is 5.28. The van der Waals surface area contributed by atoms with Crippen LogP contribution < -0.4 is 4.74 Å². The van der Waals surface area contributed by atoms with Crippen LogP contribution in [0.5, 0.6) is 5.75 Å². The quantitative estimate of drug-likeness (QED) is 0.141. The van der Waals surface area contributed by atoms with Gasteiger partial charge < -0.3 is 14.4 Å². The zero-order chi connectivity index (χ0) is 33.0. The van der Waals surface area contributed by atoms with E-state index in [1.165, 1.54) is 12.1 Å². The molecule has 0 saturated carbocycles. The summed E-state index contributed by atoms with van der Waals surface area (Å²) in [5.41, 5.74) is 6.97. The smallest absolute Gasteiger partial charge is 0.246 e. The number of methoxy groups -OCH3 is 1. The molecule has 47 heavy (non-hydrogen) atoms. The van der Waals surface area contributed by atoms with Gasteiger partial charge in [-0.05, 0) is 62.4 Å². The maximum Gasteiger partial charge on any atom is 0.246 e. The second kappa shape index (κ2) is 12.0. The maximum atomic E-state index is 16.1. The summed E-state index contributed by atoms with van der Waals surface area (Å²) in [6.07, 6.45) is 5.56. The molecule has 0 bridgehead atoms. The third-order valence-corrected chi connectivity index (χ3v) is 9.21. The summed E-state index contributed by atoms with van der Waals surface area (Å²) in [7, 11) is 3.43. The van der Waals surface area contributed by atoms with Crippen molar-refractivity contribution in [2.24, 2.45) is 7.05 Å². The first kappa shape index (κ1) is 30.7. The molecule has 1 aliphatic carbocycles. The Labute approximate surface area is 271 Å². The molecule has 5 aromatic rings. The van der Waals surface area contributed by atoms with Crippen molar-refractivity contribution < 1.29 is 23.0 Å². The molecule has 1 aliphatic heterocycles.